The van der Waals surface area contributed by atoms with E-state index in [1.165, 1.54) is 12.5 Å². The highest BCUT2D eigenvalue weighted by Gasteiger charge is 2.51. The molecule has 1 atom stereocenters. The predicted octanol–water partition coefficient (Wildman–Crippen LogP) is 5.84. The molecule has 1 aromatic carbocycles. The minimum Gasteiger partial charge on any atom is -0.479 e. The number of benzene rings is 1. The molecular formula is C26H39BClNO5. The second-order valence-corrected chi connectivity index (χ2v) is 11.4. The van der Waals surface area contributed by atoms with E-state index in [1.54, 1.807) is 0 Å². The first-order valence-electron chi connectivity index (χ1n) is 12.5. The van der Waals surface area contributed by atoms with Crippen LogP contribution in [0.3, 0.4) is 0 Å². The monoisotopic (exact) mass is 491 g/mol. The van der Waals surface area contributed by atoms with Gasteiger partial charge in [0.05, 0.1) is 11.2 Å². The number of hydrogen-bond donors (Lipinski definition) is 2. The predicted molar refractivity (Wildman–Crippen MR) is 135 cm³/mol. The SMILES string of the molecule is CC(=O)NC(CCCCB1OC(C)(C)C(C)(C)O1)(C(=O)O)C1CCC(c2ccc(Cl)cc2)CC1. The van der Waals surface area contributed by atoms with E-state index in [2.05, 4.69) is 17.4 Å². The van der Waals surface area contributed by atoms with Crippen molar-refractivity contribution in [3.8, 4) is 0 Å². The molecule has 1 heterocycles. The maximum absolute atomic E-state index is 12.6. The van der Waals surface area contributed by atoms with E-state index in [4.69, 9.17) is 20.9 Å². The van der Waals surface area contributed by atoms with Crippen molar-refractivity contribution in [1.29, 1.82) is 0 Å². The number of carbonyl (C=O) groups is 2. The van der Waals surface area contributed by atoms with Gasteiger partial charge in [-0.25, -0.2) is 4.79 Å². The molecule has 1 amide bonds. The van der Waals surface area contributed by atoms with Gasteiger partial charge >= 0.3 is 13.1 Å². The summed E-state index contributed by atoms with van der Waals surface area (Å²) in [5, 5.41) is 13.9. The Balaban J connectivity index is 1.62. The first kappa shape index (κ1) is 27.0. The standard InChI is InChI=1S/C26H39BClNO5/c1-18(30)29-26(23(31)32,16-6-7-17-27-33-24(2,3)25(4,5)34-27)21-12-8-19(9-13-21)20-10-14-22(28)15-11-20/h10-11,14-15,19,21H,6-9,12-13,16-17H2,1-5H3,(H,29,30)(H,31,32). The second kappa shape index (κ2) is 10.6. The van der Waals surface area contributed by atoms with Crippen molar-refractivity contribution in [2.24, 2.45) is 5.92 Å². The number of rotatable bonds is 9. The number of nitrogens with one attached hydrogen (secondary N) is 1. The third kappa shape index (κ3) is 5.97. The lowest BCUT2D eigenvalue weighted by molar-refractivity contribution is -0.151. The Labute approximate surface area is 209 Å². The summed E-state index contributed by atoms with van der Waals surface area (Å²) in [4.78, 5) is 24.7. The van der Waals surface area contributed by atoms with Gasteiger partial charge in [-0.2, -0.15) is 0 Å². The van der Waals surface area contributed by atoms with Crippen molar-refractivity contribution in [3.63, 3.8) is 0 Å². The third-order valence-electron chi connectivity index (χ3n) is 8.11. The maximum atomic E-state index is 12.6. The molecule has 1 aromatic rings. The largest absolute Gasteiger partial charge is 0.479 e. The lowest BCUT2D eigenvalue weighted by Gasteiger charge is -2.41. The molecule has 188 valence electrons. The van der Waals surface area contributed by atoms with Crippen molar-refractivity contribution < 1.29 is 24.0 Å². The molecule has 6 nitrogen and oxygen atoms in total. The summed E-state index contributed by atoms with van der Waals surface area (Å²) in [5.41, 5.74) is -0.749. The topological polar surface area (TPSA) is 84.9 Å². The molecule has 1 saturated heterocycles. The van der Waals surface area contributed by atoms with E-state index in [0.29, 0.717) is 30.1 Å². The second-order valence-electron chi connectivity index (χ2n) is 11.0. The fraction of sp³-hybridized carbons (Fsp3) is 0.692. The van der Waals surface area contributed by atoms with E-state index in [0.717, 1.165) is 32.1 Å². The Kier molecular flexibility index (Phi) is 8.42. The lowest BCUT2D eigenvalue weighted by atomic mass is 9.68. The quantitative estimate of drug-likeness (QED) is 0.335. The van der Waals surface area contributed by atoms with Gasteiger partial charge in [-0.1, -0.05) is 36.6 Å². The van der Waals surface area contributed by atoms with Gasteiger partial charge in [0.25, 0.3) is 0 Å². The molecule has 1 saturated carbocycles. The zero-order valence-corrected chi connectivity index (χ0v) is 21.9. The Morgan fingerprint density at radius 3 is 2.12 bits per heavy atom. The summed E-state index contributed by atoms with van der Waals surface area (Å²) in [6.45, 7) is 9.51. The Bertz CT molecular complexity index is 850. The minimum atomic E-state index is -1.24. The summed E-state index contributed by atoms with van der Waals surface area (Å²) in [6, 6.07) is 7.92. The number of aliphatic carboxylic acids is 1. The van der Waals surface area contributed by atoms with Gasteiger partial charge in [0.15, 0.2) is 0 Å². The molecule has 1 aliphatic heterocycles. The van der Waals surface area contributed by atoms with Crippen molar-refractivity contribution in [2.45, 2.75) is 109 Å². The lowest BCUT2D eigenvalue weighted by Crippen LogP contribution is -2.59. The van der Waals surface area contributed by atoms with E-state index in [1.807, 2.05) is 39.8 Å². The van der Waals surface area contributed by atoms with Crippen LogP contribution in [0.4, 0.5) is 0 Å². The average Bonchev–Trinajstić information content (AvgIpc) is 2.96. The highest BCUT2D eigenvalue weighted by molar-refractivity contribution is 6.45. The number of carboxylic acid groups (broad SMARTS) is 1. The molecule has 2 fully saturated rings. The first-order valence-corrected chi connectivity index (χ1v) is 12.9. The number of unbranched alkanes of at least 4 members (excludes halogenated alkanes) is 1. The number of amides is 1. The highest BCUT2D eigenvalue weighted by atomic mass is 35.5. The molecule has 2 aliphatic rings. The smallest absolute Gasteiger partial charge is 0.457 e. The third-order valence-corrected chi connectivity index (χ3v) is 8.36. The van der Waals surface area contributed by atoms with Crippen LogP contribution in [0.1, 0.15) is 91.0 Å². The van der Waals surface area contributed by atoms with Crippen LogP contribution in [0.25, 0.3) is 0 Å². The summed E-state index contributed by atoms with van der Waals surface area (Å²) in [6.07, 6.45) is 5.86. The van der Waals surface area contributed by atoms with Crippen molar-refractivity contribution in [2.75, 3.05) is 0 Å². The zero-order chi connectivity index (χ0) is 25.1. The molecule has 3 rings (SSSR count). The first-order chi connectivity index (χ1) is 15.9. The highest BCUT2D eigenvalue weighted by Crippen LogP contribution is 2.43. The Hall–Kier alpha value is -1.57. The van der Waals surface area contributed by atoms with Crippen molar-refractivity contribution >= 4 is 30.6 Å². The van der Waals surface area contributed by atoms with Crippen molar-refractivity contribution in [3.05, 3.63) is 34.9 Å². The summed E-state index contributed by atoms with van der Waals surface area (Å²) >= 11 is 6.03. The van der Waals surface area contributed by atoms with E-state index < -0.39 is 11.5 Å². The molecule has 0 spiro atoms. The van der Waals surface area contributed by atoms with Crippen LogP contribution in [0.15, 0.2) is 24.3 Å². The fourth-order valence-electron chi connectivity index (χ4n) is 5.47. The average molecular weight is 492 g/mol. The van der Waals surface area contributed by atoms with Crippen LogP contribution < -0.4 is 5.32 Å². The van der Waals surface area contributed by atoms with Gasteiger partial charge in [-0.3, -0.25) is 4.79 Å². The van der Waals surface area contributed by atoms with Gasteiger partial charge in [-0.05, 0) is 95.7 Å². The van der Waals surface area contributed by atoms with E-state index in [-0.39, 0.29) is 30.1 Å². The van der Waals surface area contributed by atoms with Crippen LogP contribution >= 0.6 is 11.6 Å². The van der Waals surface area contributed by atoms with E-state index in [9.17, 15) is 14.7 Å². The number of carbonyl (C=O) groups excluding carboxylic acids is 1. The Morgan fingerprint density at radius 1 is 1.06 bits per heavy atom. The van der Waals surface area contributed by atoms with Gasteiger partial charge in [-0.15, -0.1) is 0 Å². The normalized spacial score (nSPS) is 25.5. The van der Waals surface area contributed by atoms with Crippen LogP contribution in [-0.4, -0.2) is 40.8 Å². The zero-order valence-electron chi connectivity index (χ0n) is 21.2. The fourth-order valence-corrected chi connectivity index (χ4v) is 5.60. The molecule has 2 N–H and O–H groups in total. The summed E-state index contributed by atoms with van der Waals surface area (Å²) in [5.74, 6) is -0.948. The summed E-state index contributed by atoms with van der Waals surface area (Å²) in [7, 11) is -0.292. The van der Waals surface area contributed by atoms with Crippen LogP contribution in [-0.2, 0) is 18.9 Å². The molecule has 1 unspecified atom stereocenters. The van der Waals surface area contributed by atoms with Crippen molar-refractivity contribution in [1.82, 2.24) is 5.32 Å². The van der Waals surface area contributed by atoms with E-state index >= 15 is 0 Å². The molecule has 1 aliphatic carbocycles. The number of carboxylic acids is 1. The van der Waals surface area contributed by atoms with Crippen LogP contribution in [0, 0.1) is 5.92 Å². The maximum Gasteiger partial charge on any atom is 0.457 e. The Morgan fingerprint density at radius 2 is 1.62 bits per heavy atom. The molecule has 0 radical (unpaired) electrons. The van der Waals surface area contributed by atoms with Gasteiger partial charge in [0.1, 0.15) is 5.54 Å². The van der Waals surface area contributed by atoms with Gasteiger partial charge in [0, 0.05) is 11.9 Å². The van der Waals surface area contributed by atoms with Gasteiger partial charge < -0.3 is 19.7 Å². The number of hydrogen-bond acceptors (Lipinski definition) is 4. The van der Waals surface area contributed by atoms with Gasteiger partial charge in [0.2, 0.25) is 5.91 Å². The minimum absolute atomic E-state index is 0.103. The van der Waals surface area contributed by atoms with Crippen LogP contribution in [0.5, 0.6) is 0 Å². The molecular weight excluding hydrogens is 453 g/mol. The number of halogens is 1. The molecule has 8 heteroatoms. The van der Waals surface area contributed by atoms with Crippen LogP contribution in [0.2, 0.25) is 11.3 Å². The molecule has 0 bridgehead atoms. The molecule has 0 aromatic heterocycles. The molecule has 34 heavy (non-hydrogen) atoms. The summed E-state index contributed by atoms with van der Waals surface area (Å²) < 4.78 is 12.1.